The SMILES string of the molecule is CO[C@@H]1C[C@@H](c2nnc3n2CCC3)N(c2nc3ccccc3n2C)C1. The van der Waals surface area contributed by atoms with E-state index in [1.54, 1.807) is 7.11 Å². The third-order valence-electron chi connectivity index (χ3n) is 5.55. The summed E-state index contributed by atoms with van der Waals surface area (Å²) in [5.74, 6) is 3.14. The summed E-state index contributed by atoms with van der Waals surface area (Å²) >= 11 is 0. The van der Waals surface area contributed by atoms with Gasteiger partial charge in [-0.25, -0.2) is 4.98 Å². The Hall–Kier alpha value is -2.41. The summed E-state index contributed by atoms with van der Waals surface area (Å²) in [7, 11) is 3.87. The van der Waals surface area contributed by atoms with E-state index in [-0.39, 0.29) is 12.1 Å². The molecule has 1 fully saturated rings. The first-order chi connectivity index (χ1) is 12.3. The Balaban J connectivity index is 1.60. The third kappa shape index (κ3) is 2.18. The zero-order valence-electron chi connectivity index (χ0n) is 14.6. The molecule has 0 amide bonds. The van der Waals surface area contributed by atoms with Gasteiger partial charge in [-0.2, -0.15) is 0 Å². The molecule has 5 rings (SSSR count). The smallest absolute Gasteiger partial charge is 0.207 e. The predicted octanol–water partition coefficient (Wildman–Crippen LogP) is 2.08. The maximum absolute atomic E-state index is 5.69. The molecule has 1 saturated heterocycles. The molecule has 0 radical (unpaired) electrons. The number of hydrogen-bond acceptors (Lipinski definition) is 5. The molecule has 4 heterocycles. The average molecular weight is 338 g/mol. The second kappa shape index (κ2) is 5.56. The number of nitrogens with zero attached hydrogens (tertiary/aromatic N) is 6. The first kappa shape index (κ1) is 14.9. The number of fused-ring (bicyclic) bond motifs is 2. The fourth-order valence-electron chi connectivity index (χ4n) is 4.24. The minimum atomic E-state index is 0.153. The van der Waals surface area contributed by atoms with Gasteiger partial charge in [-0.15, -0.1) is 10.2 Å². The highest BCUT2D eigenvalue weighted by atomic mass is 16.5. The number of ether oxygens (including phenoxy) is 1. The largest absolute Gasteiger partial charge is 0.380 e. The van der Waals surface area contributed by atoms with Crippen LogP contribution in [-0.2, 0) is 24.8 Å². The van der Waals surface area contributed by atoms with E-state index in [0.29, 0.717) is 0 Å². The monoisotopic (exact) mass is 338 g/mol. The molecule has 7 nitrogen and oxygen atoms in total. The van der Waals surface area contributed by atoms with Gasteiger partial charge in [0, 0.05) is 40.1 Å². The van der Waals surface area contributed by atoms with Crippen LogP contribution in [-0.4, -0.2) is 44.1 Å². The lowest BCUT2D eigenvalue weighted by atomic mass is 10.2. The zero-order valence-corrected chi connectivity index (χ0v) is 14.6. The Labute approximate surface area is 146 Å². The van der Waals surface area contributed by atoms with Crippen molar-refractivity contribution in [2.45, 2.75) is 38.0 Å². The second-order valence-electron chi connectivity index (χ2n) is 6.95. The van der Waals surface area contributed by atoms with Crippen molar-refractivity contribution in [2.75, 3.05) is 18.6 Å². The van der Waals surface area contributed by atoms with Crippen LogP contribution < -0.4 is 4.90 Å². The van der Waals surface area contributed by atoms with Crippen LogP contribution in [0.25, 0.3) is 11.0 Å². The van der Waals surface area contributed by atoms with Gasteiger partial charge < -0.3 is 18.8 Å². The molecule has 1 aromatic carbocycles. The molecular weight excluding hydrogens is 316 g/mol. The lowest BCUT2D eigenvalue weighted by Crippen LogP contribution is -2.28. The van der Waals surface area contributed by atoms with Gasteiger partial charge in [0.2, 0.25) is 5.95 Å². The number of hydrogen-bond donors (Lipinski definition) is 0. The van der Waals surface area contributed by atoms with Gasteiger partial charge in [-0.05, 0) is 18.6 Å². The number of aromatic nitrogens is 5. The number of anilines is 1. The first-order valence-electron chi connectivity index (χ1n) is 8.89. The Morgan fingerprint density at radius 2 is 2.08 bits per heavy atom. The minimum absolute atomic E-state index is 0.153. The van der Waals surface area contributed by atoms with Crippen molar-refractivity contribution in [3.8, 4) is 0 Å². The van der Waals surface area contributed by atoms with Gasteiger partial charge in [-0.1, -0.05) is 12.1 Å². The van der Waals surface area contributed by atoms with Crippen molar-refractivity contribution >= 4 is 17.0 Å². The van der Waals surface area contributed by atoms with Crippen molar-refractivity contribution in [1.29, 1.82) is 0 Å². The Morgan fingerprint density at radius 3 is 2.92 bits per heavy atom. The van der Waals surface area contributed by atoms with Crippen LogP contribution in [0.1, 0.15) is 30.5 Å². The maximum Gasteiger partial charge on any atom is 0.207 e. The highest BCUT2D eigenvalue weighted by Gasteiger charge is 2.39. The molecule has 3 aromatic rings. The fraction of sp³-hybridized carbons (Fsp3) is 0.500. The summed E-state index contributed by atoms with van der Waals surface area (Å²) in [4.78, 5) is 7.23. The van der Waals surface area contributed by atoms with E-state index in [4.69, 9.17) is 9.72 Å². The Bertz CT molecular complexity index is 929. The molecule has 130 valence electrons. The molecule has 2 aliphatic heterocycles. The second-order valence-corrected chi connectivity index (χ2v) is 6.95. The standard InChI is InChI=1S/C18H22N6O/c1-22-14-7-4-3-6-13(14)19-18(22)24-11-12(25-2)10-15(24)17-21-20-16-8-5-9-23(16)17/h3-4,6-7,12,15H,5,8-11H2,1-2H3/t12-,15+/m1/s1. The highest BCUT2D eigenvalue weighted by molar-refractivity contribution is 5.78. The summed E-state index contributed by atoms with van der Waals surface area (Å²) in [6.45, 7) is 1.84. The topological polar surface area (TPSA) is 61.0 Å². The highest BCUT2D eigenvalue weighted by Crippen LogP contribution is 2.38. The van der Waals surface area contributed by atoms with E-state index in [2.05, 4.69) is 49.5 Å². The average Bonchev–Trinajstić information content (AvgIpc) is 3.37. The maximum atomic E-state index is 5.69. The molecule has 0 bridgehead atoms. The zero-order chi connectivity index (χ0) is 17.0. The van der Waals surface area contributed by atoms with Gasteiger partial charge in [0.05, 0.1) is 23.2 Å². The van der Waals surface area contributed by atoms with Crippen molar-refractivity contribution < 1.29 is 4.74 Å². The van der Waals surface area contributed by atoms with Crippen LogP contribution in [0, 0.1) is 0 Å². The molecular formula is C18H22N6O. The van der Waals surface area contributed by atoms with E-state index in [1.165, 1.54) is 0 Å². The van der Waals surface area contributed by atoms with Gasteiger partial charge in [0.1, 0.15) is 5.82 Å². The van der Waals surface area contributed by atoms with Gasteiger partial charge >= 0.3 is 0 Å². The third-order valence-corrected chi connectivity index (χ3v) is 5.55. The number of aryl methyl sites for hydroxylation is 2. The quantitative estimate of drug-likeness (QED) is 0.732. The number of imidazole rings is 1. The van der Waals surface area contributed by atoms with Gasteiger partial charge in [-0.3, -0.25) is 0 Å². The molecule has 0 spiro atoms. The van der Waals surface area contributed by atoms with E-state index < -0.39 is 0 Å². The summed E-state index contributed by atoms with van der Waals surface area (Å²) in [6, 6.07) is 8.41. The normalized spacial score (nSPS) is 22.9. The van der Waals surface area contributed by atoms with Crippen LogP contribution in [0.4, 0.5) is 5.95 Å². The van der Waals surface area contributed by atoms with Gasteiger partial charge in [0.15, 0.2) is 5.82 Å². The summed E-state index contributed by atoms with van der Waals surface area (Å²) < 4.78 is 10.1. The van der Waals surface area contributed by atoms with Crippen molar-refractivity contribution in [3.05, 3.63) is 35.9 Å². The van der Waals surface area contributed by atoms with Crippen LogP contribution in [0.2, 0.25) is 0 Å². The molecule has 25 heavy (non-hydrogen) atoms. The predicted molar refractivity (Wildman–Crippen MR) is 94.6 cm³/mol. The lowest BCUT2D eigenvalue weighted by Gasteiger charge is -2.24. The van der Waals surface area contributed by atoms with E-state index in [9.17, 15) is 0 Å². The Kier molecular flexibility index (Phi) is 3.31. The summed E-state index contributed by atoms with van der Waals surface area (Å²) in [5, 5.41) is 8.93. The van der Waals surface area contributed by atoms with Crippen molar-refractivity contribution in [2.24, 2.45) is 7.05 Å². The molecule has 0 aliphatic carbocycles. The van der Waals surface area contributed by atoms with Crippen LogP contribution in [0.3, 0.4) is 0 Å². The van der Waals surface area contributed by atoms with Crippen LogP contribution in [0.5, 0.6) is 0 Å². The van der Waals surface area contributed by atoms with Gasteiger partial charge in [0.25, 0.3) is 0 Å². The molecule has 2 aliphatic rings. The molecule has 0 saturated carbocycles. The van der Waals surface area contributed by atoms with E-state index in [1.807, 2.05) is 6.07 Å². The van der Waals surface area contributed by atoms with Crippen molar-refractivity contribution in [3.63, 3.8) is 0 Å². The van der Waals surface area contributed by atoms with Crippen molar-refractivity contribution in [1.82, 2.24) is 24.3 Å². The molecule has 7 heteroatoms. The minimum Gasteiger partial charge on any atom is -0.380 e. The number of methoxy groups -OCH3 is 1. The molecule has 2 aromatic heterocycles. The fourth-order valence-corrected chi connectivity index (χ4v) is 4.24. The van der Waals surface area contributed by atoms with Crippen LogP contribution >= 0.6 is 0 Å². The lowest BCUT2D eigenvalue weighted by molar-refractivity contribution is 0.118. The summed E-state index contributed by atoms with van der Waals surface area (Å²) in [5.41, 5.74) is 2.16. The first-order valence-corrected chi connectivity index (χ1v) is 8.89. The molecule has 0 unspecified atom stereocenters. The van der Waals surface area contributed by atoms with E-state index in [0.717, 1.165) is 61.0 Å². The number of benzene rings is 1. The Morgan fingerprint density at radius 1 is 1.20 bits per heavy atom. The number of para-hydroxylation sites is 2. The van der Waals surface area contributed by atoms with Crippen LogP contribution in [0.15, 0.2) is 24.3 Å². The van der Waals surface area contributed by atoms with E-state index >= 15 is 0 Å². The number of rotatable bonds is 3. The summed E-state index contributed by atoms with van der Waals surface area (Å²) in [6.07, 6.45) is 3.28. The molecule has 2 atom stereocenters. The molecule has 0 N–H and O–H groups in total.